The van der Waals surface area contributed by atoms with Crippen molar-refractivity contribution in [3.8, 4) is 0 Å². The molecular formula is C10H16ClN2O13P3. The van der Waals surface area contributed by atoms with E-state index in [9.17, 15) is 33.1 Å². The van der Waals surface area contributed by atoms with Crippen LogP contribution in [-0.4, -0.2) is 46.7 Å². The Morgan fingerprint density at radius 2 is 1.72 bits per heavy atom. The zero-order valence-electron chi connectivity index (χ0n) is 14.5. The number of rotatable bonds is 7. The number of ether oxygens (including phenoxy) is 1. The van der Waals surface area contributed by atoms with Crippen LogP contribution in [-0.2, 0) is 31.6 Å². The lowest BCUT2D eigenvalue weighted by Gasteiger charge is -2.24. The number of hydrogen-bond donors (Lipinski definition) is 5. The number of aromatic amines is 1. The van der Waals surface area contributed by atoms with E-state index >= 15 is 0 Å². The SMILES string of the molecule is Cc1cn([C@@H]2O[C@H](C)[C@@H](Cl)C2OP(=O)(O)OP(=O)(O)OP(=O)(O)O)c(=O)[nH]c1=O. The number of aromatic nitrogens is 2. The Balaban J connectivity index is 2.33. The monoisotopic (exact) mass is 500 g/mol. The van der Waals surface area contributed by atoms with Crippen LogP contribution in [0.1, 0.15) is 18.7 Å². The maximum atomic E-state index is 12.1. The second kappa shape index (κ2) is 8.46. The van der Waals surface area contributed by atoms with Crippen molar-refractivity contribution >= 4 is 35.1 Å². The molecule has 1 saturated heterocycles. The highest BCUT2D eigenvalue weighted by Gasteiger charge is 2.50. The molecule has 0 amide bonds. The zero-order chi connectivity index (χ0) is 22.4. The van der Waals surface area contributed by atoms with E-state index in [-0.39, 0.29) is 5.56 Å². The second-order valence-electron chi connectivity index (χ2n) is 5.82. The molecule has 0 bridgehead atoms. The number of hydrogen-bond acceptors (Lipinski definition) is 9. The van der Waals surface area contributed by atoms with Crippen LogP contribution in [0.3, 0.4) is 0 Å². The third-order valence-electron chi connectivity index (χ3n) is 3.49. The third-order valence-corrected chi connectivity index (χ3v) is 7.93. The maximum absolute atomic E-state index is 12.1. The van der Waals surface area contributed by atoms with E-state index < -0.39 is 58.5 Å². The summed E-state index contributed by atoms with van der Waals surface area (Å²) >= 11 is 6.07. The van der Waals surface area contributed by atoms with Crippen LogP contribution < -0.4 is 11.2 Å². The van der Waals surface area contributed by atoms with Gasteiger partial charge in [-0.25, -0.2) is 18.5 Å². The largest absolute Gasteiger partial charge is 0.490 e. The Morgan fingerprint density at radius 3 is 2.28 bits per heavy atom. The molecule has 2 rings (SSSR count). The van der Waals surface area contributed by atoms with E-state index in [1.165, 1.54) is 13.8 Å². The van der Waals surface area contributed by atoms with Gasteiger partial charge in [-0.3, -0.25) is 18.9 Å². The predicted molar refractivity (Wildman–Crippen MR) is 94.0 cm³/mol. The molecular weight excluding hydrogens is 484 g/mol. The molecule has 0 radical (unpaired) electrons. The number of phosphoric ester groups is 1. The topological polar surface area (TPSA) is 224 Å². The highest BCUT2D eigenvalue weighted by Crippen LogP contribution is 2.67. The molecule has 29 heavy (non-hydrogen) atoms. The summed E-state index contributed by atoms with van der Waals surface area (Å²) in [5, 5.41) is -1.19. The smallest absolute Gasteiger partial charge is 0.350 e. The van der Waals surface area contributed by atoms with Gasteiger partial charge in [0.1, 0.15) is 6.10 Å². The molecule has 1 fully saturated rings. The van der Waals surface area contributed by atoms with Gasteiger partial charge >= 0.3 is 29.2 Å². The van der Waals surface area contributed by atoms with Gasteiger partial charge in [-0.05, 0) is 13.8 Å². The molecule has 1 aromatic rings. The molecule has 0 spiro atoms. The minimum Gasteiger partial charge on any atom is -0.350 e. The van der Waals surface area contributed by atoms with Crippen molar-refractivity contribution in [2.75, 3.05) is 0 Å². The van der Waals surface area contributed by atoms with Crippen LogP contribution in [0.2, 0.25) is 0 Å². The molecule has 0 aliphatic carbocycles. The molecule has 166 valence electrons. The van der Waals surface area contributed by atoms with Gasteiger partial charge in [0.15, 0.2) is 6.23 Å². The van der Waals surface area contributed by atoms with Gasteiger partial charge in [0.2, 0.25) is 0 Å². The standard InChI is InChI=1S/C10H16ClN2O13P3/c1-4-3-13(10(15)12-8(4)14)9-7(6(11)5(2)23-9)24-28(19,20)26-29(21,22)25-27(16,17)18/h3,5-7,9H,1-2H3,(H,19,20)(H,21,22)(H,12,14,15)(H2,16,17,18)/t5-,6-,7?,9-/m1/s1. The first-order chi connectivity index (χ1) is 13.0. The Labute approximate surface area is 166 Å². The van der Waals surface area contributed by atoms with E-state index in [1.807, 2.05) is 4.98 Å². The van der Waals surface area contributed by atoms with Gasteiger partial charge < -0.3 is 24.3 Å². The zero-order valence-corrected chi connectivity index (χ0v) is 18.0. The molecule has 1 aliphatic heterocycles. The van der Waals surface area contributed by atoms with Gasteiger partial charge in [-0.2, -0.15) is 8.62 Å². The first-order valence-electron chi connectivity index (χ1n) is 7.45. The fourth-order valence-corrected chi connectivity index (χ4v) is 5.87. The quantitative estimate of drug-likeness (QED) is 0.247. The van der Waals surface area contributed by atoms with Crippen LogP contribution in [0.5, 0.6) is 0 Å². The van der Waals surface area contributed by atoms with Crippen LogP contribution in [0, 0.1) is 6.92 Å². The van der Waals surface area contributed by atoms with Gasteiger partial charge in [-0.15, -0.1) is 11.6 Å². The van der Waals surface area contributed by atoms with Crippen molar-refractivity contribution in [1.82, 2.24) is 9.55 Å². The minimum atomic E-state index is -5.74. The minimum absolute atomic E-state index is 0.0796. The van der Waals surface area contributed by atoms with Crippen molar-refractivity contribution in [3.05, 3.63) is 32.6 Å². The number of alkyl halides is 1. The number of halogens is 1. The molecule has 15 nitrogen and oxygen atoms in total. The van der Waals surface area contributed by atoms with E-state index in [0.29, 0.717) is 0 Å². The summed E-state index contributed by atoms with van der Waals surface area (Å²) in [6, 6.07) is 0. The second-order valence-corrected chi connectivity index (χ2v) is 10.7. The van der Waals surface area contributed by atoms with Crippen molar-refractivity contribution in [3.63, 3.8) is 0 Å². The van der Waals surface area contributed by atoms with Crippen molar-refractivity contribution in [2.24, 2.45) is 0 Å². The van der Waals surface area contributed by atoms with E-state index in [1.54, 1.807) is 0 Å². The fraction of sp³-hybridized carbons (Fsp3) is 0.600. The number of nitrogens with one attached hydrogen (secondary N) is 1. The summed E-state index contributed by atoms with van der Waals surface area (Å²) in [7, 11) is -16.8. The summed E-state index contributed by atoms with van der Waals surface area (Å²) in [6.07, 6.45) is -2.90. The first-order valence-corrected chi connectivity index (χ1v) is 12.4. The van der Waals surface area contributed by atoms with E-state index in [0.717, 1.165) is 10.8 Å². The summed E-state index contributed by atoms with van der Waals surface area (Å²) < 4.78 is 52.4. The summed E-state index contributed by atoms with van der Waals surface area (Å²) in [4.78, 5) is 61.6. The van der Waals surface area contributed by atoms with Crippen LogP contribution >= 0.6 is 35.1 Å². The Hall–Kier alpha value is -0.660. The Kier molecular flexibility index (Phi) is 7.18. The molecule has 5 N–H and O–H groups in total. The lowest BCUT2D eigenvalue weighted by molar-refractivity contribution is -0.0340. The Morgan fingerprint density at radius 1 is 1.14 bits per heavy atom. The fourth-order valence-electron chi connectivity index (χ4n) is 2.36. The molecule has 3 unspecified atom stereocenters. The molecule has 0 saturated carbocycles. The average Bonchev–Trinajstić information content (AvgIpc) is 2.75. The Bertz CT molecular complexity index is 1030. The highest BCUT2D eigenvalue weighted by molar-refractivity contribution is 7.66. The average molecular weight is 501 g/mol. The first kappa shape index (κ1) is 24.6. The van der Waals surface area contributed by atoms with Crippen LogP contribution in [0.15, 0.2) is 15.8 Å². The van der Waals surface area contributed by atoms with Crippen molar-refractivity contribution in [2.45, 2.75) is 37.7 Å². The molecule has 1 aromatic heterocycles. The summed E-state index contributed by atoms with van der Waals surface area (Å²) in [6.45, 7) is 2.79. The number of aryl methyl sites for hydroxylation is 1. The summed E-state index contributed by atoms with van der Waals surface area (Å²) in [5.41, 5.74) is -1.58. The van der Waals surface area contributed by atoms with Crippen molar-refractivity contribution in [1.29, 1.82) is 0 Å². The molecule has 6 atom stereocenters. The molecule has 1 aliphatic rings. The van der Waals surface area contributed by atoms with Gasteiger partial charge in [0.25, 0.3) is 5.56 Å². The number of nitrogens with zero attached hydrogens (tertiary/aromatic N) is 1. The highest BCUT2D eigenvalue weighted by atomic mass is 35.5. The number of phosphoric acid groups is 3. The van der Waals surface area contributed by atoms with Gasteiger partial charge in [-0.1, -0.05) is 0 Å². The molecule has 2 heterocycles. The third kappa shape index (κ3) is 6.41. The van der Waals surface area contributed by atoms with E-state index in [4.69, 9.17) is 30.6 Å². The molecule has 0 aromatic carbocycles. The maximum Gasteiger partial charge on any atom is 0.490 e. The van der Waals surface area contributed by atoms with Gasteiger partial charge in [0, 0.05) is 11.8 Å². The molecule has 19 heteroatoms. The number of H-pyrrole nitrogens is 1. The summed E-state index contributed by atoms with van der Waals surface area (Å²) in [5.74, 6) is 0. The van der Waals surface area contributed by atoms with Crippen LogP contribution in [0.4, 0.5) is 0 Å². The normalized spacial score (nSPS) is 29.3. The van der Waals surface area contributed by atoms with Crippen LogP contribution in [0.25, 0.3) is 0 Å². The predicted octanol–water partition coefficient (Wildman–Crippen LogP) is 0.0816. The van der Waals surface area contributed by atoms with Gasteiger partial charge in [0.05, 0.1) is 11.5 Å². The van der Waals surface area contributed by atoms with E-state index in [2.05, 4.69) is 8.62 Å². The van der Waals surface area contributed by atoms with Crippen molar-refractivity contribution < 1.29 is 51.2 Å². The lowest BCUT2D eigenvalue weighted by atomic mass is 10.2. The lowest BCUT2D eigenvalue weighted by Crippen LogP contribution is -2.38.